The molecule has 1 atom stereocenters. The minimum absolute atomic E-state index is 0.0253. The van der Waals surface area contributed by atoms with Crippen molar-refractivity contribution in [3.63, 3.8) is 0 Å². The number of nitrogens with one attached hydrogen (secondary N) is 1. The number of hydrogen-bond donors (Lipinski definition) is 1. The fourth-order valence-corrected chi connectivity index (χ4v) is 6.51. The molecule has 7 nitrogen and oxygen atoms in total. The van der Waals surface area contributed by atoms with Gasteiger partial charge in [-0.2, -0.15) is 4.31 Å². The molecule has 2 aliphatic heterocycles. The summed E-state index contributed by atoms with van der Waals surface area (Å²) in [6.45, 7) is 3.65. The molecule has 2 amide bonds. The third-order valence-corrected chi connectivity index (χ3v) is 8.75. The van der Waals surface area contributed by atoms with Crippen LogP contribution in [-0.4, -0.2) is 55.1 Å². The molecule has 0 radical (unpaired) electrons. The van der Waals surface area contributed by atoms with Gasteiger partial charge in [0.2, 0.25) is 15.9 Å². The molecule has 1 saturated heterocycles. The van der Waals surface area contributed by atoms with Gasteiger partial charge >= 0.3 is 0 Å². The van der Waals surface area contributed by atoms with E-state index in [9.17, 15) is 18.0 Å². The molecule has 1 unspecified atom stereocenters. The maximum atomic E-state index is 13.2. The number of carbonyl (C=O) groups excluding carboxylic acids is 2. The first-order valence-electron chi connectivity index (χ1n) is 10.6. The molecule has 0 saturated carbocycles. The van der Waals surface area contributed by atoms with Gasteiger partial charge in [0.15, 0.2) is 0 Å². The molecule has 0 spiro atoms. The molecule has 0 bridgehead atoms. The van der Waals surface area contributed by atoms with E-state index in [1.807, 2.05) is 11.4 Å². The van der Waals surface area contributed by atoms with Crippen molar-refractivity contribution in [2.45, 2.75) is 50.1 Å². The predicted octanol–water partition coefficient (Wildman–Crippen LogP) is 2.63. The van der Waals surface area contributed by atoms with E-state index in [0.717, 1.165) is 18.4 Å². The zero-order valence-electron chi connectivity index (χ0n) is 17.5. The van der Waals surface area contributed by atoms with Crippen LogP contribution in [0.2, 0.25) is 0 Å². The molecule has 3 heterocycles. The number of sulfonamides is 1. The van der Waals surface area contributed by atoms with Gasteiger partial charge in [0.05, 0.1) is 4.90 Å². The third kappa shape index (κ3) is 4.68. The summed E-state index contributed by atoms with van der Waals surface area (Å²) in [5.41, 5.74) is 1.41. The monoisotopic (exact) mass is 461 g/mol. The van der Waals surface area contributed by atoms with E-state index in [4.69, 9.17) is 0 Å². The van der Waals surface area contributed by atoms with Crippen LogP contribution in [0.3, 0.4) is 0 Å². The first kappa shape index (κ1) is 22.0. The number of thiophene rings is 1. The summed E-state index contributed by atoms with van der Waals surface area (Å²) < 4.78 is 28.0. The Labute approximate surface area is 187 Å². The van der Waals surface area contributed by atoms with Gasteiger partial charge in [-0.25, -0.2) is 8.42 Å². The summed E-state index contributed by atoms with van der Waals surface area (Å²) in [5.74, 6) is -0.228. The molecule has 2 aromatic rings. The van der Waals surface area contributed by atoms with Crippen molar-refractivity contribution in [1.82, 2.24) is 14.5 Å². The number of fused-ring (bicyclic) bond motifs is 1. The lowest BCUT2D eigenvalue weighted by Gasteiger charge is -2.33. The highest BCUT2D eigenvalue weighted by Crippen LogP contribution is 2.28. The van der Waals surface area contributed by atoms with Gasteiger partial charge in [0.25, 0.3) is 5.91 Å². The van der Waals surface area contributed by atoms with Crippen molar-refractivity contribution in [1.29, 1.82) is 0 Å². The van der Waals surface area contributed by atoms with E-state index in [1.165, 1.54) is 15.2 Å². The highest BCUT2D eigenvalue weighted by atomic mass is 32.2. The number of amides is 2. The summed E-state index contributed by atoms with van der Waals surface area (Å²) in [7, 11) is -3.69. The lowest BCUT2D eigenvalue weighted by molar-refractivity contribution is -0.121. The molecule has 1 N–H and O–H groups in total. The van der Waals surface area contributed by atoms with Crippen LogP contribution in [0.1, 0.15) is 47.0 Å². The summed E-state index contributed by atoms with van der Waals surface area (Å²) in [5, 5.41) is 4.95. The van der Waals surface area contributed by atoms with Crippen molar-refractivity contribution in [3.05, 3.63) is 51.7 Å². The second-order valence-electron chi connectivity index (χ2n) is 8.00. The second-order valence-corrected chi connectivity index (χ2v) is 10.9. The topological polar surface area (TPSA) is 86.8 Å². The number of benzene rings is 1. The molecule has 4 rings (SSSR count). The minimum Gasteiger partial charge on any atom is -0.352 e. The summed E-state index contributed by atoms with van der Waals surface area (Å²) >= 11 is 1.66. The Morgan fingerprint density at radius 2 is 2.06 bits per heavy atom. The van der Waals surface area contributed by atoms with Crippen LogP contribution in [0.15, 0.2) is 40.6 Å². The maximum absolute atomic E-state index is 13.2. The number of hydrogen-bond acceptors (Lipinski definition) is 5. The van der Waals surface area contributed by atoms with Crippen molar-refractivity contribution in [2.75, 3.05) is 19.6 Å². The van der Waals surface area contributed by atoms with Crippen LogP contribution in [0.5, 0.6) is 0 Å². The molecular formula is C22H27N3O4S2. The largest absolute Gasteiger partial charge is 0.352 e. The Bertz CT molecular complexity index is 1080. The second kappa shape index (κ2) is 9.10. The van der Waals surface area contributed by atoms with Gasteiger partial charge in [-0.15, -0.1) is 11.3 Å². The molecule has 9 heteroatoms. The van der Waals surface area contributed by atoms with Gasteiger partial charge in [0.1, 0.15) is 0 Å². The van der Waals surface area contributed by atoms with Crippen LogP contribution in [-0.2, 0) is 27.8 Å². The minimum atomic E-state index is -3.69. The van der Waals surface area contributed by atoms with Crippen LogP contribution in [0.25, 0.3) is 0 Å². The zero-order valence-corrected chi connectivity index (χ0v) is 19.2. The van der Waals surface area contributed by atoms with Crippen LogP contribution < -0.4 is 5.32 Å². The number of piperidine rings is 1. The van der Waals surface area contributed by atoms with E-state index < -0.39 is 10.0 Å². The van der Waals surface area contributed by atoms with Crippen molar-refractivity contribution in [2.24, 2.45) is 0 Å². The number of rotatable bonds is 5. The van der Waals surface area contributed by atoms with Gasteiger partial charge in [0, 0.05) is 49.1 Å². The normalized spacial score (nSPS) is 19.6. The molecule has 0 aliphatic carbocycles. The van der Waals surface area contributed by atoms with Crippen LogP contribution in [0.4, 0.5) is 0 Å². The smallest absolute Gasteiger partial charge is 0.253 e. The van der Waals surface area contributed by atoms with Crippen LogP contribution >= 0.6 is 11.3 Å². The third-order valence-electron chi connectivity index (χ3n) is 5.89. The van der Waals surface area contributed by atoms with Crippen molar-refractivity contribution in [3.8, 4) is 0 Å². The predicted molar refractivity (Wildman–Crippen MR) is 119 cm³/mol. The first-order valence-corrected chi connectivity index (χ1v) is 12.9. The Kier molecular flexibility index (Phi) is 6.45. The SMILES string of the molecule is CCC(=O)NC1CCCN(C(=O)c2cccc(S(=O)(=O)N3CCc4sccc4C3)c2)C1. The average Bonchev–Trinajstić information content (AvgIpc) is 3.27. The standard InChI is InChI=1S/C22H27N3O4S2/c1-2-21(26)23-18-6-4-10-24(15-18)22(27)16-5-3-7-19(13-16)31(28,29)25-11-8-20-17(14-25)9-12-30-20/h3,5,7,9,12-13,18H,2,4,6,8,10-11,14-15H2,1H3,(H,23,26). The Hall–Kier alpha value is -2.23. The van der Waals surface area contributed by atoms with E-state index in [1.54, 1.807) is 41.4 Å². The summed E-state index contributed by atoms with van der Waals surface area (Å²) in [6.07, 6.45) is 2.76. The average molecular weight is 462 g/mol. The quantitative estimate of drug-likeness (QED) is 0.742. The lowest BCUT2D eigenvalue weighted by Crippen LogP contribution is -2.49. The molecular weight excluding hydrogens is 434 g/mol. The molecule has 1 aromatic carbocycles. The molecule has 1 fully saturated rings. The Morgan fingerprint density at radius 3 is 2.87 bits per heavy atom. The number of nitrogens with zero attached hydrogens (tertiary/aromatic N) is 2. The molecule has 1 aromatic heterocycles. The number of carbonyl (C=O) groups is 2. The molecule has 31 heavy (non-hydrogen) atoms. The van der Waals surface area contributed by atoms with Crippen molar-refractivity contribution >= 4 is 33.2 Å². The first-order chi connectivity index (χ1) is 14.9. The molecule has 166 valence electrons. The van der Waals surface area contributed by atoms with Gasteiger partial charge in [-0.1, -0.05) is 13.0 Å². The summed E-state index contributed by atoms with van der Waals surface area (Å²) in [4.78, 5) is 27.9. The fraction of sp³-hybridized carbons (Fsp3) is 0.455. The Morgan fingerprint density at radius 1 is 1.23 bits per heavy atom. The van der Waals surface area contributed by atoms with Crippen molar-refractivity contribution < 1.29 is 18.0 Å². The fourth-order valence-electron chi connectivity index (χ4n) is 4.16. The van der Waals surface area contributed by atoms with E-state index in [-0.39, 0.29) is 22.8 Å². The van der Waals surface area contributed by atoms with E-state index in [2.05, 4.69) is 5.32 Å². The number of likely N-dealkylation sites (tertiary alicyclic amines) is 1. The highest BCUT2D eigenvalue weighted by molar-refractivity contribution is 7.89. The summed E-state index contributed by atoms with van der Waals surface area (Å²) in [6, 6.07) is 8.23. The van der Waals surface area contributed by atoms with E-state index in [0.29, 0.717) is 44.6 Å². The highest BCUT2D eigenvalue weighted by Gasteiger charge is 2.30. The zero-order chi connectivity index (χ0) is 22.0. The van der Waals surface area contributed by atoms with Crippen LogP contribution in [0, 0.1) is 0 Å². The van der Waals surface area contributed by atoms with Gasteiger partial charge < -0.3 is 10.2 Å². The van der Waals surface area contributed by atoms with E-state index >= 15 is 0 Å². The van der Waals surface area contributed by atoms with Gasteiger partial charge in [-0.05, 0) is 54.5 Å². The Balaban J connectivity index is 1.50. The van der Waals surface area contributed by atoms with Gasteiger partial charge in [-0.3, -0.25) is 9.59 Å². The lowest BCUT2D eigenvalue weighted by atomic mass is 10.0. The maximum Gasteiger partial charge on any atom is 0.253 e. The molecule has 2 aliphatic rings.